The van der Waals surface area contributed by atoms with Gasteiger partial charge in [0.1, 0.15) is 5.01 Å². The van der Waals surface area contributed by atoms with E-state index in [1.54, 1.807) is 4.90 Å². The number of urea groups is 1. The van der Waals surface area contributed by atoms with Gasteiger partial charge in [-0.3, -0.25) is 5.32 Å². The summed E-state index contributed by atoms with van der Waals surface area (Å²) in [6, 6.07) is 9.47. The Hall–Kier alpha value is -1.99. The van der Waals surface area contributed by atoms with Crippen LogP contribution in [-0.4, -0.2) is 38.8 Å². The molecular formula is C17H22N4O2S. The topological polar surface area (TPSA) is 78.4 Å². The van der Waals surface area contributed by atoms with Crippen molar-refractivity contribution in [3.8, 4) is 0 Å². The van der Waals surface area contributed by atoms with Gasteiger partial charge in [-0.15, -0.1) is 10.2 Å². The minimum Gasteiger partial charge on any atom is -0.388 e. The second kappa shape index (κ2) is 7.72. The van der Waals surface area contributed by atoms with Gasteiger partial charge in [-0.1, -0.05) is 48.6 Å². The van der Waals surface area contributed by atoms with Gasteiger partial charge < -0.3 is 10.0 Å². The average molecular weight is 346 g/mol. The number of aryl methyl sites for hydroxylation is 1. The molecule has 1 aromatic carbocycles. The molecule has 2 unspecified atom stereocenters. The number of carbonyl (C=O) groups is 1. The fraction of sp³-hybridized carbons (Fsp3) is 0.471. The molecule has 2 heterocycles. The monoisotopic (exact) mass is 346 g/mol. The van der Waals surface area contributed by atoms with Crippen LogP contribution in [0, 0.1) is 0 Å². The van der Waals surface area contributed by atoms with E-state index in [2.05, 4.69) is 15.5 Å². The largest absolute Gasteiger partial charge is 0.388 e. The third-order valence-corrected chi connectivity index (χ3v) is 5.28. The lowest BCUT2D eigenvalue weighted by molar-refractivity contribution is 0.129. The summed E-state index contributed by atoms with van der Waals surface area (Å²) in [7, 11) is 0. The van der Waals surface area contributed by atoms with Gasteiger partial charge in [0.15, 0.2) is 0 Å². The molecule has 24 heavy (non-hydrogen) atoms. The van der Waals surface area contributed by atoms with Crippen molar-refractivity contribution in [1.29, 1.82) is 0 Å². The van der Waals surface area contributed by atoms with E-state index in [4.69, 9.17) is 0 Å². The fourth-order valence-corrected chi connectivity index (χ4v) is 3.70. The maximum atomic E-state index is 12.5. The summed E-state index contributed by atoms with van der Waals surface area (Å²) in [5, 5.41) is 22.7. The fourth-order valence-electron chi connectivity index (χ4n) is 3.03. The van der Waals surface area contributed by atoms with Crippen molar-refractivity contribution in [2.45, 2.75) is 44.8 Å². The van der Waals surface area contributed by atoms with Crippen LogP contribution < -0.4 is 5.32 Å². The molecule has 1 fully saturated rings. The van der Waals surface area contributed by atoms with E-state index >= 15 is 0 Å². The van der Waals surface area contributed by atoms with Gasteiger partial charge in [0.25, 0.3) is 0 Å². The summed E-state index contributed by atoms with van der Waals surface area (Å²) in [6.07, 6.45) is 2.67. The highest BCUT2D eigenvalue weighted by Crippen LogP contribution is 2.28. The Bertz CT molecular complexity index is 676. The number of hydrogen-bond donors (Lipinski definition) is 2. The van der Waals surface area contributed by atoms with Crippen LogP contribution in [0.4, 0.5) is 9.93 Å². The molecule has 1 aliphatic rings. The number of nitrogens with zero attached hydrogens (tertiary/aromatic N) is 3. The highest BCUT2D eigenvalue weighted by molar-refractivity contribution is 7.15. The number of anilines is 1. The van der Waals surface area contributed by atoms with Crippen LogP contribution in [0.25, 0.3) is 0 Å². The summed E-state index contributed by atoms with van der Waals surface area (Å²) < 4.78 is 0. The molecule has 1 saturated heterocycles. The van der Waals surface area contributed by atoms with Crippen molar-refractivity contribution in [2.75, 3.05) is 11.9 Å². The van der Waals surface area contributed by atoms with Crippen molar-refractivity contribution in [2.24, 2.45) is 0 Å². The maximum absolute atomic E-state index is 12.5. The highest BCUT2D eigenvalue weighted by Gasteiger charge is 2.31. The van der Waals surface area contributed by atoms with E-state index in [1.807, 2.05) is 37.3 Å². The Morgan fingerprint density at radius 2 is 2.21 bits per heavy atom. The third-order valence-electron chi connectivity index (χ3n) is 4.30. The smallest absolute Gasteiger partial charge is 0.323 e. The number of aliphatic hydroxyl groups is 1. The predicted octanol–water partition coefficient (Wildman–Crippen LogP) is 3.22. The first-order chi connectivity index (χ1) is 11.7. The molecule has 0 bridgehead atoms. The number of benzene rings is 1. The molecule has 0 saturated carbocycles. The van der Waals surface area contributed by atoms with Crippen LogP contribution in [-0.2, 0) is 6.42 Å². The maximum Gasteiger partial charge on any atom is 0.323 e. The highest BCUT2D eigenvalue weighted by atomic mass is 32.1. The lowest BCUT2D eigenvalue weighted by atomic mass is 10.0. The van der Waals surface area contributed by atoms with Crippen LogP contribution in [0.2, 0.25) is 0 Å². The Morgan fingerprint density at radius 3 is 2.92 bits per heavy atom. The van der Waals surface area contributed by atoms with Crippen LogP contribution >= 0.6 is 11.3 Å². The van der Waals surface area contributed by atoms with Crippen molar-refractivity contribution in [3.05, 3.63) is 40.9 Å². The quantitative estimate of drug-likeness (QED) is 0.871. The van der Waals surface area contributed by atoms with Crippen molar-refractivity contribution in [3.63, 3.8) is 0 Å². The first kappa shape index (κ1) is 16.9. The third kappa shape index (κ3) is 3.91. The molecule has 7 heteroatoms. The predicted molar refractivity (Wildman–Crippen MR) is 94.1 cm³/mol. The van der Waals surface area contributed by atoms with Crippen LogP contribution in [0.3, 0.4) is 0 Å². The van der Waals surface area contributed by atoms with Crippen LogP contribution in [0.5, 0.6) is 0 Å². The number of likely N-dealkylation sites (tertiary alicyclic amines) is 1. The molecule has 128 valence electrons. The first-order valence-corrected chi connectivity index (χ1v) is 9.12. The Morgan fingerprint density at radius 1 is 1.42 bits per heavy atom. The van der Waals surface area contributed by atoms with Gasteiger partial charge in [-0.2, -0.15) is 0 Å². The number of nitrogens with one attached hydrogen (secondary N) is 1. The summed E-state index contributed by atoms with van der Waals surface area (Å²) >= 11 is 1.40. The molecular weight excluding hydrogens is 324 g/mol. The Balaban J connectivity index is 1.61. The van der Waals surface area contributed by atoms with Crippen molar-refractivity contribution in [1.82, 2.24) is 15.1 Å². The van der Waals surface area contributed by atoms with Gasteiger partial charge >= 0.3 is 6.03 Å². The summed E-state index contributed by atoms with van der Waals surface area (Å²) in [5.41, 5.74) is 0.890. The van der Waals surface area contributed by atoms with Crippen LogP contribution in [0.1, 0.15) is 42.9 Å². The van der Waals surface area contributed by atoms with Crippen molar-refractivity contribution < 1.29 is 9.90 Å². The normalized spacial score (nSPS) is 18.6. The summed E-state index contributed by atoms with van der Waals surface area (Å²) in [4.78, 5) is 14.3. The van der Waals surface area contributed by atoms with Gasteiger partial charge in [-0.25, -0.2) is 4.79 Å². The standard InChI is InChI=1S/C17H22N4O2S/c1-2-15-19-20-16(24-15)18-17(23)21-10-6-9-13(21)11-14(22)12-7-4-3-5-8-12/h3-5,7-8,13-14,22H,2,6,9-11H2,1H3,(H,18,20,23). The number of rotatable bonds is 5. The molecule has 0 radical (unpaired) electrons. The first-order valence-electron chi connectivity index (χ1n) is 8.30. The van der Waals surface area contributed by atoms with Crippen molar-refractivity contribution >= 4 is 22.5 Å². The Kier molecular flexibility index (Phi) is 5.42. The lowest BCUT2D eigenvalue weighted by Crippen LogP contribution is -2.39. The van der Waals surface area contributed by atoms with Crippen LogP contribution in [0.15, 0.2) is 30.3 Å². The average Bonchev–Trinajstić information content (AvgIpc) is 3.24. The molecule has 1 aromatic heterocycles. The second-order valence-corrected chi connectivity index (χ2v) is 7.00. The number of hydrogen-bond acceptors (Lipinski definition) is 5. The zero-order valence-electron chi connectivity index (χ0n) is 13.7. The molecule has 6 nitrogen and oxygen atoms in total. The lowest BCUT2D eigenvalue weighted by Gasteiger charge is -2.26. The molecule has 0 aliphatic carbocycles. The Labute approximate surface area is 145 Å². The number of carbonyl (C=O) groups excluding carboxylic acids is 1. The van der Waals surface area contributed by atoms with Gasteiger partial charge in [0.2, 0.25) is 5.13 Å². The molecule has 3 rings (SSSR count). The SMILES string of the molecule is CCc1nnc(NC(=O)N2CCCC2CC(O)c2ccccc2)s1. The summed E-state index contributed by atoms with van der Waals surface area (Å²) in [5.74, 6) is 0. The number of aromatic nitrogens is 2. The molecule has 2 N–H and O–H groups in total. The van der Waals surface area contributed by atoms with Gasteiger partial charge in [0, 0.05) is 12.6 Å². The minimum atomic E-state index is -0.558. The van der Waals surface area contributed by atoms with E-state index in [0.29, 0.717) is 18.1 Å². The molecule has 2 atom stereocenters. The zero-order valence-corrected chi connectivity index (χ0v) is 14.5. The molecule has 2 aromatic rings. The number of amides is 2. The number of aliphatic hydroxyl groups excluding tert-OH is 1. The molecule has 0 spiro atoms. The van der Waals surface area contributed by atoms with Gasteiger partial charge in [0.05, 0.1) is 6.10 Å². The summed E-state index contributed by atoms with van der Waals surface area (Å²) in [6.45, 7) is 2.71. The molecule has 1 aliphatic heterocycles. The van der Waals surface area contributed by atoms with Gasteiger partial charge in [-0.05, 0) is 31.2 Å². The molecule has 2 amide bonds. The second-order valence-electron chi connectivity index (χ2n) is 5.94. The minimum absolute atomic E-state index is 0.0405. The van der Waals surface area contributed by atoms with E-state index in [1.165, 1.54) is 11.3 Å². The van der Waals surface area contributed by atoms with E-state index in [0.717, 1.165) is 29.8 Å². The van der Waals surface area contributed by atoms with E-state index in [9.17, 15) is 9.90 Å². The van der Waals surface area contributed by atoms with E-state index in [-0.39, 0.29) is 12.1 Å². The zero-order chi connectivity index (χ0) is 16.9. The van der Waals surface area contributed by atoms with E-state index < -0.39 is 6.10 Å².